The van der Waals surface area contributed by atoms with Crippen molar-refractivity contribution in [3.8, 4) is 11.1 Å². The van der Waals surface area contributed by atoms with Gasteiger partial charge >= 0.3 is 0 Å². The molecule has 0 heterocycles. The van der Waals surface area contributed by atoms with Gasteiger partial charge < -0.3 is 0 Å². The minimum Gasteiger partial charge on any atom is -0.206 e. The summed E-state index contributed by atoms with van der Waals surface area (Å²) < 4.78 is 55.3. The highest BCUT2D eigenvalue weighted by Crippen LogP contribution is 2.29. The van der Waals surface area contributed by atoms with E-state index in [1.165, 1.54) is 17.7 Å². The Morgan fingerprint density at radius 2 is 1.11 bits per heavy atom. The van der Waals surface area contributed by atoms with Crippen LogP contribution >= 0.6 is 0 Å². The summed E-state index contributed by atoms with van der Waals surface area (Å²) in [6.07, 6.45) is 3.26. The molecule has 140 valence electrons. The highest BCUT2D eigenvalue weighted by Gasteiger charge is 2.15. The summed E-state index contributed by atoms with van der Waals surface area (Å²) in [4.78, 5) is 0. The van der Waals surface area contributed by atoms with Crippen molar-refractivity contribution in [2.24, 2.45) is 0 Å². The highest BCUT2D eigenvalue weighted by atomic mass is 19.2. The van der Waals surface area contributed by atoms with Crippen LogP contribution in [-0.2, 0) is 19.3 Å². The summed E-state index contributed by atoms with van der Waals surface area (Å²) >= 11 is 0. The van der Waals surface area contributed by atoms with Gasteiger partial charge in [-0.05, 0) is 65.8 Å². The van der Waals surface area contributed by atoms with Gasteiger partial charge in [-0.3, -0.25) is 0 Å². The van der Waals surface area contributed by atoms with Crippen LogP contribution in [-0.4, -0.2) is 0 Å². The zero-order valence-corrected chi connectivity index (χ0v) is 15.0. The topological polar surface area (TPSA) is 0 Å². The molecule has 0 aliphatic heterocycles. The van der Waals surface area contributed by atoms with E-state index in [-0.39, 0.29) is 11.1 Å². The summed E-state index contributed by atoms with van der Waals surface area (Å²) in [5, 5.41) is 0. The van der Waals surface area contributed by atoms with Crippen LogP contribution in [0.25, 0.3) is 11.1 Å². The maximum absolute atomic E-state index is 14.4. The fourth-order valence-corrected chi connectivity index (χ4v) is 3.15. The van der Waals surface area contributed by atoms with E-state index >= 15 is 0 Å². The molecule has 0 aliphatic rings. The van der Waals surface area contributed by atoms with Gasteiger partial charge in [0, 0.05) is 0 Å². The zero-order valence-electron chi connectivity index (χ0n) is 15.0. The van der Waals surface area contributed by atoms with E-state index in [9.17, 15) is 17.6 Å². The lowest BCUT2D eigenvalue weighted by molar-refractivity contribution is 0.508. The molecule has 0 nitrogen and oxygen atoms in total. The van der Waals surface area contributed by atoms with Gasteiger partial charge in [-0.25, -0.2) is 17.6 Å². The lowest BCUT2D eigenvalue weighted by Crippen LogP contribution is -1.98. The summed E-state index contributed by atoms with van der Waals surface area (Å²) in [6, 6.07) is 13.6. The van der Waals surface area contributed by atoms with Crippen LogP contribution in [0.2, 0.25) is 0 Å². The molecular formula is C23H20F4. The van der Waals surface area contributed by atoms with Crippen molar-refractivity contribution < 1.29 is 17.6 Å². The van der Waals surface area contributed by atoms with E-state index in [4.69, 9.17) is 0 Å². The number of halogens is 4. The van der Waals surface area contributed by atoms with Gasteiger partial charge in [0.25, 0.3) is 0 Å². The van der Waals surface area contributed by atoms with E-state index in [1.807, 2.05) is 12.1 Å². The Hall–Kier alpha value is -2.62. The van der Waals surface area contributed by atoms with Crippen LogP contribution in [0, 0.1) is 23.3 Å². The van der Waals surface area contributed by atoms with Crippen LogP contribution in [0.5, 0.6) is 0 Å². The molecule has 4 heteroatoms. The second-order valence-electron chi connectivity index (χ2n) is 6.63. The molecular weight excluding hydrogens is 352 g/mol. The Kier molecular flexibility index (Phi) is 5.94. The average Bonchev–Trinajstić information content (AvgIpc) is 2.64. The molecule has 0 unspecified atom stereocenters. The zero-order chi connectivity index (χ0) is 19.4. The van der Waals surface area contributed by atoms with Crippen LogP contribution in [0.4, 0.5) is 17.6 Å². The monoisotopic (exact) mass is 372 g/mol. The molecule has 0 bridgehead atoms. The number of aryl methyl sites for hydroxylation is 3. The van der Waals surface area contributed by atoms with Crippen LogP contribution < -0.4 is 0 Å². The summed E-state index contributed by atoms with van der Waals surface area (Å²) in [7, 11) is 0. The van der Waals surface area contributed by atoms with Crippen molar-refractivity contribution in [3.05, 3.63) is 94.6 Å². The predicted molar refractivity (Wildman–Crippen MR) is 99.6 cm³/mol. The van der Waals surface area contributed by atoms with Crippen molar-refractivity contribution in [1.29, 1.82) is 0 Å². The van der Waals surface area contributed by atoms with Crippen molar-refractivity contribution in [1.82, 2.24) is 0 Å². The third-order valence-electron chi connectivity index (χ3n) is 4.57. The molecule has 0 amide bonds. The molecule has 0 radical (unpaired) electrons. The first-order valence-electron chi connectivity index (χ1n) is 8.99. The number of hydrogen-bond acceptors (Lipinski definition) is 0. The normalized spacial score (nSPS) is 11.0. The summed E-state index contributed by atoms with van der Waals surface area (Å²) in [6.45, 7) is 2.13. The molecule has 0 aliphatic carbocycles. The SMILES string of the molecule is CCCc1ccc(CCc2cc(F)c(-c3ccc(F)c(F)c3)c(F)c2)cc1. The van der Waals surface area contributed by atoms with Gasteiger partial charge in [0.15, 0.2) is 11.6 Å². The first-order chi connectivity index (χ1) is 13.0. The molecule has 0 saturated heterocycles. The van der Waals surface area contributed by atoms with E-state index in [0.717, 1.165) is 36.6 Å². The molecule has 0 fully saturated rings. The minimum atomic E-state index is -1.14. The number of benzene rings is 3. The summed E-state index contributed by atoms with van der Waals surface area (Å²) in [5.74, 6) is -3.76. The molecule has 3 aromatic rings. The fraction of sp³-hybridized carbons (Fsp3) is 0.217. The molecule has 0 atom stereocenters. The summed E-state index contributed by atoms with van der Waals surface area (Å²) in [5.41, 5.74) is 2.52. The predicted octanol–water partition coefficient (Wildman–Crippen LogP) is 6.65. The quantitative estimate of drug-likeness (QED) is 0.425. The van der Waals surface area contributed by atoms with Gasteiger partial charge in [0.2, 0.25) is 0 Å². The van der Waals surface area contributed by atoms with Gasteiger partial charge in [-0.15, -0.1) is 0 Å². The third kappa shape index (κ3) is 4.57. The van der Waals surface area contributed by atoms with Crippen molar-refractivity contribution in [2.45, 2.75) is 32.6 Å². The fourth-order valence-electron chi connectivity index (χ4n) is 3.15. The Balaban J connectivity index is 1.77. The molecule has 3 rings (SSSR count). The van der Waals surface area contributed by atoms with Gasteiger partial charge in [0.05, 0.1) is 5.56 Å². The second-order valence-corrected chi connectivity index (χ2v) is 6.63. The first kappa shape index (κ1) is 19.2. The largest absolute Gasteiger partial charge is 0.206 e. The first-order valence-corrected chi connectivity index (χ1v) is 8.99. The average molecular weight is 372 g/mol. The Labute approximate surface area is 156 Å². The Morgan fingerprint density at radius 1 is 0.556 bits per heavy atom. The number of hydrogen-bond donors (Lipinski definition) is 0. The van der Waals surface area contributed by atoms with Gasteiger partial charge in [0.1, 0.15) is 11.6 Å². The molecule has 0 saturated carbocycles. The van der Waals surface area contributed by atoms with Gasteiger partial charge in [-0.2, -0.15) is 0 Å². The smallest absolute Gasteiger partial charge is 0.159 e. The molecule has 3 aromatic carbocycles. The highest BCUT2D eigenvalue weighted by molar-refractivity contribution is 5.65. The maximum atomic E-state index is 14.4. The second kappa shape index (κ2) is 8.38. The standard InChI is InChI=1S/C23H20F4/c1-2-3-15-4-6-16(7-5-15)8-9-17-12-21(26)23(22(27)13-17)18-10-11-19(24)20(25)14-18/h4-7,10-14H,2-3,8-9H2,1H3. The van der Waals surface area contributed by atoms with E-state index < -0.39 is 23.3 Å². The van der Waals surface area contributed by atoms with Crippen LogP contribution in [0.3, 0.4) is 0 Å². The molecule has 27 heavy (non-hydrogen) atoms. The Morgan fingerprint density at radius 3 is 1.67 bits per heavy atom. The van der Waals surface area contributed by atoms with Crippen molar-refractivity contribution in [2.75, 3.05) is 0 Å². The van der Waals surface area contributed by atoms with Crippen LogP contribution in [0.15, 0.2) is 54.6 Å². The lowest BCUT2D eigenvalue weighted by Gasteiger charge is -2.09. The molecule has 0 N–H and O–H groups in total. The third-order valence-corrected chi connectivity index (χ3v) is 4.57. The van der Waals surface area contributed by atoms with Crippen LogP contribution in [0.1, 0.15) is 30.0 Å². The van der Waals surface area contributed by atoms with E-state index in [0.29, 0.717) is 18.4 Å². The molecule has 0 aromatic heterocycles. The molecule has 0 spiro atoms. The number of rotatable bonds is 6. The van der Waals surface area contributed by atoms with Gasteiger partial charge in [-0.1, -0.05) is 43.7 Å². The van der Waals surface area contributed by atoms with Crippen molar-refractivity contribution >= 4 is 0 Å². The van der Waals surface area contributed by atoms with E-state index in [2.05, 4.69) is 19.1 Å². The van der Waals surface area contributed by atoms with E-state index in [1.54, 1.807) is 0 Å². The lowest BCUT2D eigenvalue weighted by atomic mass is 9.98. The Bertz CT molecular complexity index is 907. The van der Waals surface area contributed by atoms with Crippen molar-refractivity contribution in [3.63, 3.8) is 0 Å². The maximum Gasteiger partial charge on any atom is 0.159 e. The minimum absolute atomic E-state index is 0.0260.